The van der Waals surface area contributed by atoms with Crippen LogP contribution in [0.15, 0.2) is 12.3 Å². The van der Waals surface area contributed by atoms with Crippen LogP contribution in [0.3, 0.4) is 0 Å². The van der Waals surface area contributed by atoms with E-state index in [-0.39, 0.29) is 6.04 Å². The Kier molecular flexibility index (Phi) is 3.96. The standard InChI is InChI=1S/C12H20FN5/c1-14-7-10-6-9(13)8-18(10)11-4-5-15-12(16-11)17(2)3/h4-5,9-10,14H,6-8H2,1-3H3. The van der Waals surface area contributed by atoms with E-state index in [2.05, 4.69) is 15.3 Å². The van der Waals surface area contributed by atoms with Gasteiger partial charge in [-0.1, -0.05) is 0 Å². The van der Waals surface area contributed by atoms with Crippen LogP contribution in [-0.2, 0) is 0 Å². The van der Waals surface area contributed by atoms with Crippen molar-refractivity contribution >= 4 is 11.8 Å². The van der Waals surface area contributed by atoms with Crippen LogP contribution in [-0.4, -0.2) is 56.4 Å². The van der Waals surface area contributed by atoms with Gasteiger partial charge < -0.3 is 15.1 Å². The molecular weight excluding hydrogens is 233 g/mol. The number of anilines is 2. The Balaban J connectivity index is 2.21. The van der Waals surface area contributed by atoms with Gasteiger partial charge in [0.15, 0.2) is 0 Å². The molecule has 2 unspecified atom stereocenters. The normalized spacial score (nSPS) is 23.4. The number of alkyl halides is 1. The molecule has 2 rings (SSSR count). The zero-order valence-corrected chi connectivity index (χ0v) is 11.1. The monoisotopic (exact) mass is 253 g/mol. The maximum atomic E-state index is 13.6. The maximum absolute atomic E-state index is 13.6. The van der Waals surface area contributed by atoms with Crippen molar-refractivity contribution in [1.82, 2.24) is 15.3 Å². The van der Waals surface area contributed by atoms with E-state index in [1.165, 1.54) is 0 Å². The minimum atomic E-state index is -0.777. The van der Waals surface area contributed by atoms with Gasteiger partial charge in [-0.15, -0.1) is 0 Å². The highest BCUT2D eigenvalue weighted by Crippen LogP contribution is 2.26. The number of aromatic nitrogens is 2. The number of hydrogen-bond acceptors (Lipinski definition) is 5. The molecule has 1 aliphatic rings. The first-order chi connectivity index (χ1) is 8.61. The number of rotatable bonds is 4. The average Bonchev–Trinajstić information content (AvgIpc) is 2.71. The Morgan fingerprint density at radius 2 is 2.33 bits per heavy atom. The van der Waals surface area contributed by atoms with Crippen molar-refractivity contribution in [2.24, 2.45) is 0 Å². The Labute approximate surface area is 107 Å². The predicted octanol–water partition coefficient (Wildman–Crippen LogP) is 0.679. The highest BCUT2D eigenvalue weighted by Gasteiger charge is 2.32. The second kappa shape index (κ2) is 5.48. The molecule has 2 atom stereocenters. The lowest BCUT2D eigenvalue weighted by atomic mass is 10.2. The molecular formula is C12H20FN5. The summed E-state index contributed by atoms with van der Waals surface area (Å²) in [7, 11) is 5.67. The first-order valence-electron chi connectivity index (χ1n) is 6.17. The summed E-state index contributed by atoms with van der Waals surface area (Å²) in [5.74, 6) is 1.45. The van der Waals surface area contributed by atoms with Gasteiger partial charge in [-0.25, -0.2) is 9.37 Å². The van der Waals surface area contributed by atoms with Crippen LogP contribution in [0.5, 0.6) is 0 Å². The van der Waals surface area contributed by atoms with E-state index in [1.54, 1.807) is 6.20 Å². The summed E-state index contributed by atoms with van der Waals surface area (Å²) in [5, 5.41) is 3.11. The zero-order chi connectivity index (χ0) is 13.1. The third-order valence-electron chi connectivity index (χ3n) is 3.13. The van der Waals surface area contributed by atoms with E-state index in [0.29, 0.717) is 18.9 Å². The fraction of sp³-hybridized carbons (Fsp3) is 0.667. The summed E-state index contributed by atoms with van der Waals surface area (Å²) in [6, 6.07) is 2.00. The van der Waals surface area contributed by atoms with Gasteiger partial charge >= 0.3 is 0 Å². The third kappa shape index (κ3) is 2.69. The Hall–Kier alpha value is -1.43. The summed E-state index contributed by atoms with van der Waals surface area (Å²) in [5.41, 5.74) is 0. The fourth-order valence-corrected chi connectivity index (χ4v) is 2.28. The lowest BCUT2D eigenvalue weighted by Gasteiger charge is -2.25. The van der Waals surface area contributed by atoms with Crippen LogP contribution in [0.1, 0.15) is 6.42 Å². The summed E-state index contributed by atoms with van der Waals surface area (Å²) in [6.07, 6.45) is 1.50. The molecule has 5 nitrogen and oxygen atoms in total. The Bertz CT molecular complexity index is 398. The number of hydrogen-bond donors (Lipinski definition) is 1. The number of nitrogens with zero attached hydrogens (tertiary/aromatic N) is 4. The second-order valence-electron chi connectivity index (χ2n) is 4.81. The first kappa shape index (κ1) is 13.0. The molecule has 1 aromatic rings. The van der Waals surface area contributed by atoms with E-state index >= 15 is 0 Å². The molecule has 0 aliphatic carbocycles. The van der Waals surface area contributed by atoms with Crippen molar-refractivity contribution in [3.8, 4) is 0 Å². The molecule has 0 aromatic carbocycles. The molecule has 0 bridgehead atoms. The van der Waals surface area contributed by atoms with Crippen LogP contribution in [0.2, 0.25) is 0 Å². The van der Waals surface area contributed by atoms with Gasteiger partial charge in [0.1, 0.15) is 12.0 Å². The second-order valence-corrected chi connectivity index (χ2v) is 4.81. The molecule has 2 heterocycles. The molecule has 1 N–H and O–H groups in total. The molecule has 100 valence electrons. The van der Waals surface area contributed by atoms with Gasteiger partial charge in [0.25, 0.3) is 0 Å². The minimum absolute atomic E-state index is 0.162. The molecule has 0 saturated carbocycles. The largest absolute Gasteiger partial charge is 0.349 e. The quantitative estimate of drug-likeness (QED) is 0.855. The topological polar surface area (TPSA) is 44.3 Å². The van der Waals surface area contributed by atoms with Gasteiger partial charge in [-0.05, 0) is 13.1 Å². The van der Waals surface area contributed by atoms with E-state index in [1.807, 2.05) is 37.0 Å². The highest BCUT2D eigenvalue weighted by atomic mass is 19.1. The summed E-state index contributed by atoms with van der Waals surface area (Å²) >= 11 is 0. The highest BCUT2D eigenvalue weighted by molar-refractivity contribution is 5.45. The van der Waals surface area contributed by atoms with Crippen LogP contribution >= 0.6 is 0 Å². The Morgan fingerprint density at radius 3 is 3.00 bits per heavy atom. The van der Waals surface area contributed by atoms with Crippen molar-refractivity contribution in [2.45, 2.75) is 18.6 Å². The van der Waals surface area contributed by atoms with E-state index in [9.17, 15) is 4.39 Å². The van der Waals surface area contributed by atoms with Crippen molar-refractivity contribution in [3.63, 3.8) is 0 Å². The zero-order valence-electron chi connectivity index (χ0n) is 11.1. The SMILES string of the molecule is CNCC1CC(F)CN1c1ccnc(N(C)C)n1. The average molecular weight is 253 g/mol. The Morgan fingerprint density at radius 1 is 1.56 bits per heavy atom. The van der Waals surface area contributed by atoms with Crippen molar-refractivity contribution < 1.29 is 4.39 Å². The van der Waals surface area contributed by atoms with Gasteiger partial charge in [-0.2, -0.15) is 4.98 Å². The smallest absolute Gasteiger partial charge is 0.226 e. The molecule has 1 fully saturated rings. The van der Waals surface area contributed by atoms with E-state index < -0.39 is 6.17 Å². The van der Waals surface area contributed by atoms with Crippen LogP contribution in [0, 0.1) is 0 Å². The molecule has 18 heavy (non-hydrogen) atoms. The fourth-order valence-electron chi connectivity index (χ4n) is 2.28. The van der Waals surface area contributed by atoms with Crippen molar-refractivity contribution in [2.75, 3.05) is 44.0 Å². The molecule has 0 spiro atoms. The van der Waals surface area contributed by atoms with Gasteiger partial charge in [0.05, 0.1) is 6.54 Å². The molecule has 0 amide bonds. The van der Waals surface area contributed by atoms with Crippen molar-refractivity contribution in [3.05, 3.63) is 12.3 Å². The molecule has 0 radical (unpaired) electrons. The predicted molar refractivity (Wildman–Crippen MR) is 70.9 cm³/mol. The van der Waals surface area contributed by atoms with Crippen LogP contribution in [0.25, 0.3) is 0 Å². The minimum Gasteiger partial charge on any atom is -0.349 e. The summed E-state index contributed by atoms with van der Waals surface area (Å²) in [4.78, 5) is 12.5. The maximum Gasteiger partial charge on any atom is 0.226 e. The van der Waals surface area contributed by atoms with Crippen molar-refractivity contribution in [1.29, 1.82) is 0 Å². The first-order valence-corrected chi connectivity index (χ1v) is 6.17. The molecule has 1 saturated heterocycles. The number of halogens is 1. The molecule has 1 aliphatic heterocycles. The van der Waals surface area contributed by atoms with E-state index in [0.717, 1.165) is 12.4 Å². The lowest BCUT2D eigenvalue weighted by Crippen LogP contribution is -2.37. The molecule has 6 heteroatoms. The third-order valence-corrected chi connectivity index (χ3v) is 3.13. The van der Waals surface area contributed by atoms with Gasteiger partial charge in [0, 0.05) is 39.3 Å². The van der Waals surface area contributed by atoms with E-state index in [4.69, 9.17) is 0 Å². The number of nitrogens with one attached hydrogen (secondary N) is 1. The summed E-state index contributed by atoms with van der Waals surface area (Å²) in [6.45, 7) is 1.18. The van der Waals surface area contributed by atoms with Crippen LogP contribution in [0.4, 0.5) is 16.2 Å². The van der Waals surface area contributed by atoms with Gasteiger partial charge in [0.2, 0.25) is 5.95 Å². The van der Waals surface area contributed by atoms with Crippen LogP contribution < -0.4 is 15.1 Å². The molecule has 1 aromatic heterocycles. The lowest BCUT2D eigenvalue weighted by molar-refractivity contribution is 0.355. The van der Waals surface area contributed by atoms with Gasteiger partial charge in [-0.3, -0.25) is 0 Å². The number of likely N-dealkylation sites (N-methyl/N-ethyl adjacent to an activating group) is 1. The summed E-state index contributed by atoms with van der Waals surface area (Å²) < 4.78 is 13.6.